The average Bonchev–Trinajstić information content (AvgIpc) is 2.33. The Labute approximate surface area is 54.3 Å². The van der Waals surface area contributed by atoms with Crippen molar-refractivity contribution in [1.82, 2.24) is 4.90 Å². The first-order valence-corrected chi connectivity index (χ1v) is 3.34. The summed E-state index contributed by atoms with van der Waals surface area (Å²) in [6, 6.07) is 0. The number of nitrogens with zero attached hydrogens (tertiary/aromatic N) is 2. The van der Waals surface area contributed by atoms with Crippen molar-refractivity contribution in [1.29, 1.82) is 0 Å². The quantitative estimate of drug-likeness (QED) is 0.459. The highest BCUT2D eigenvalue weighted by Crippen LogP contribution is 2.13. The van der Waals surface area contributed by atoms with Crippen LogP contribution in [0.4, 0.5) is 0 Å². The van der Waals surface area contributed by atoms with Crippen LogP contribution in [0.5, 0.6) is 0 Å². The average molecular weight is 126 g/mol. The molecule has 1 fully saturated rings. The first-order valence-electron chi connectivity index (χ1n) is 3.34. The molecule has 0 aliphatic carbocycles. The van der Waals surface area contributed by atoms with E-state index in [9.17, 15) is 0 Å². The van der Waals surface area contributed by atoms with Crippen molar-refractivity contribution >= 4 is 6.21 Å². The molecule has 2 heterocycles. The highest BCUT2D eigenvalue weighted by Gasteiger charge is 2.23. The lowest BCUT2D eigenvalue weighted by molar-refractivity contribution is -0.0729. The summed E-state index contributed by atoms with van der Waals surface area (Å²) in [6.07, 6.45) is 3.15. The van der Waals surface area contributed by atoms with Gasteiger partial charge in [0.25, 0.3) is 0 Å². The maximum absolute atomic E-state index is 5.33. The zero-order valence-corrected chi connectivity index (χ0v) is 5.29. The van der Waals surface area contributed by atoms with E-state index in [0.29, 0.717) is 0 Å². The Kier molecular flexibility index (Phi) is 1.24. The summed E-state index contributed by atoms with van der Waals surface area (Å²) in [4.78, 5) is 6.36. The van der Waals surface area contributed by atoms with Gasteiger partial charge in [-0.25, -0.2) is 0 Å². The highest BCUT2D eigenvalue weighted by molar-refractivity contribution is 5.61. The Hall–Kier alpha value is -0.410. The molecular weight excluding hydrogens is 116 g/mol. The molecule has 3 heteroatoms. The minimum atomic E-state index is 0.0683. The third kappa shape index (κ3) is 0.862. The molecule has 3 nitrogen and oxygen atoms in total. The first kappa shape index (κ1) is 5.38. The lowest BCUT2D eigenvalue weighted by Gasteiger charge is -2.27. The lowest BCUT2D eigenvalue weighted by atomic mass is 10.4. The van der Waals surface area contributed by atoms with Gasteiger partial charge in [-0.3, -0.25) is 9.89 Å². The molecule has 1 unspecified atom stereocenters. The largest absolute Gasteiger partial charge is 0.343 e. The third-order valence-electron chi connectivity index (χ3n) is 1.72. The van der Waals surface area contributed by atoms with E-state index in [4.69, 9.17) is 4.74 Å². The minimum absolute atomic E-state index is 0.0683. The molecule has 0 amide bonds. The van der Waals surface area contributed by atoms with Crippen LogP contribution in [0.1, 0.15) is 6.42 Å². The number of hydrogen-bond acceptors (Lipinski definition) is 3. The number of rotatable bonds is 0. The van der Waals surface area contributed by atoms with Gasteiger partial charge < -0.3 is 4.74 Å². The lowest BCUT2D eigenvalue weighted by Crippen LogP contribution is -2.38. The molecule has 1 saturated heterocycles. The van der Waals surface area contributed by atoms with Gasteiger partial charge in [0.15, 0.2) is 0 Å². The third-order valence-corrected chi connectivity index (χ3v) is 1.72. The Bertz CT molecular complexity index is 135. The molecule has 50 valence electrons. The Morgan fingerprint density at radius 2 is 2.67 bits per heavy atom. The molecule has 2 rings (SSSR count). The van der Waals surface area contributed by atoms with Crippen molar-refractivity contribution in [3.63, 3.8) is 0 Å². The highest BCUT2D eigenvalue weighted by atomic mass is 16.5. The molecule has 9 heavy (non-hydrogen) atoms. The van der Waals surface area contributed by atoms with E-state index < -0.39 is 0 Å². The molecule has 2 aliphatic heterocycles. The van der Waals surface area contributed by atoms with Crippen molar-refractivity contribution in [2.24, 2.45) is 4.99 Å². The summed E-state index contributed by atoms with van der Waals surface area (Å²) in [7, 11) is 0. The monoisotopic (exact) mass is 126 g/mol. The van der Waals surface area contributed by atoms with Crippen LogP contribution < -0.4 is 0 Å². The van der Waals surface area contributed by atoms with Gasteiger partial charge in [0.05, 0.1) is 6.61 Å². The predicted molar refractivity (Wildman–Crippen MR) is 34.4 cm³/mol. The summed E-state index contributed by atoms with van der Waals surface area (Å²) < 4.78 is 5.33. The number of aliphatic imine (C=N–C) groups is 1. The summed E-state index contributed by atoms with van der Waals surface area (Å²) >= 11 is 0. The zero-order chi connectivity index (χ0) is 6.10. The van der Waals surface area contributed by atoms with Gasteiger partial charge in [0.2, 0.25) is 6.35 Å². The van der Waals surface area contributed by atoms with Crippen molar-refractivity contribution < 1.29 is 4.74 Å². The number of ether oxygens (including phenoxy) is 1. The fraction of sp³-hybridized carbons (Fsp3) is 0.833. The standard InChI is InChI=1S/C6H10N2O/c1-3-8-4-2-7-6(8)9-5-1/h2,6H,1,3-5H2. The molecule has 0 aromatic heterocycles. The van der Waals surface area contributed by atoms with Crippen LogP contribution in [-0.2, 0) is 4.74 Å². The second-order valence-corrected chi connectivity index (χ2v) is 2.38. The number of fused-ring (bicyclic) bond motifs is 1. The van der Waals surface area contributed by atoms with Crippen molar-refractivity contribution in [2.75, 3.05) is 19.7 Å². The zero-order valence-electron chi connectivity index (χ0n) is 5.29. The molecule has 0 spiro atoms. The summed E-state index contributed by atoms with van der Waals surface area (Å²) in [5.41, 5.74) is 0. The Balaban J connectivity index is 2.03. The first-order chi connectivity index (χ1) is 4.47. The van der Waals surface area contributed by atoms with E-state index in [1.807, 2.05) is 6.21 Å². The molecule has 0 saturated carbocycles. The van der Waals surface area contributed by atoms with Gasteiger partial charge in [-0.15, -0.1) is 0 Å². The van der Waals surface area contributed by atoms with Crippen LogP contribution in [0.3, 0.4) is 0 Å². The second kappa shape index (κ2) is 2.08. The van der Waals surface area contributed by atoms with Crippen LogP contribution >= 0.6 is 0 Å². The van der Waals surface area contributed by atoms with E-state index in [0.717, 1.165) is 26.1 Å². The van der Waals surface area contributed by atoms with E-state index >= 15 is 0 Å². The van der Waals surface area contributed by atoms with E-state index in [1.54, 1.807) is 0 Å². The van der Waals surface area contributed by atoms with Crippen LogP contribution in [0.15, 0.2) is 4.99 Å². The van der Waals surface area contributed by atoms with Crippen LogP contribution in [-0.4, -0.2) is 37.2 Å². The SMILES string of the molecule is C1=NC2OCCCN2C1. The second-order valence-electron chi connectivity index (χ2n) is 2.38. The minimum Gasteiger partial charge on any atom is -0.343 e. The molecule has 0 aromatic carbocycles. The van der Waals surface area contributed by atoms with Crippen LogP contribution in [0, 0.1) is 0 Å². The topological polar surface area (TPSA) is 24.8 Å². The Morgan fingerprint density at radius 3 is 3.56 bits per heavy atom. The van der Waals surface area contributed by atoms with Crippen LogP contribution in [0.2, 0.25) is 0 Å². The predicted octanol–water partition coefficient (Wildman–Crippen LogP) is 0.0767. The van der Waals surface area contributed by atoms with Gasteiger partial charge in [0, 0.05) is 19.3 Å². The molecule has 0 N–H and O–H groups in total. The fourth-order valence-electron chi connectivity index (χ4n) is 1.23. The van der Waals surface area contributed by atoms with Crippen molar-refractivity contribution in [3.8, 4) is 0 Å². The van der Waals surface area contributed by atoms with E-state index in [1.165, 1.54) is 0 Å². The fourth-order valence-corrected chi connectivity index (χ4v) is 1.23. The van der Waals surface area contributed by atoms with Crippen molar-refractivity contribution in [2.45, 2.75) is 12.8 Å². The van der Waals surface area contributed by atoms with Gasteiger partial charge >= 0.3 is 0 Å². The van der Waals surface area contributed by atoms with Gasteiger partial charge in [0.1, 0.15) is 0 Å². The normalized spacial score (nSPS) is 34.9. The van der Waals surface area contributed by atoms with Gasteiger partial charge in [-0.2, -0.15) is 0 Å². The Morgan fingerprint density at radius 1 is 1.67 bits per heavy atom. The summed E-state index contributed by atoms with van der Waals surface area (Å²) in [5.74, 6) is 0. The molecule has 0 bridgehead atoms. The molecule has 0 radical (unpaired) electrons. The smallest absolute Gasteiger partial charge is 0.206 e. The molecule has 0 aromatic rings. The van der Waals surface area contributed by atoms with Crippen LogP contribution in [0.25, 0.3) is 0 Å². The molecular formula is C6H10N2O. The number of hydrogen-bond donors (Lipinski definition) is 0. The molecule has 2 aliphatic rings. The van der Waals surface area contributed by atoms with E-state index in [2.05, 4.69) is 9.89 Å². The van der Waals surface area contributed by atoms with E-state index in [-0.39, 0.29) is 6.35 Å². The van der Waals surface area contributed by atoms with Gasteiger partial charge in [-0.1, -0.05) is 0 Å². The summed E-state index contributed by atoms with van der Waals surface area (Å²) in [5, 5.41) is 0. The van der Waals surface area contributed by atoms with Crippen molar-refractivity contribution in [3.05, 3.63) is 0 Å². The summed E-state index contributed by atoms with van der Waals surface area (Å²) in [6.45, 7) is 2.99. The van der Waals surface area contributed by atoms with Gasteiger partial charge in [-0.05, 0) is 6.42 Å². The maximum Gasteiger partial charge on any atom is 0.206 e. The maximum atomic E-state index is 5.33. The molecule has 1 atom stereocenters.